The fourth-order valence-electron chi connectivity index (χ4n) is 2.44. The van der Waals surface area contributed by atoms with Crippen molar-refractivity contribution in [1.29, 1.82) is 0 Å². The molecule has 1 heterocycles. The van der Waals surface area contributed by atoms with Crippen LogP contribution in [0.25, 0.3) is 0 Å². The molecule has 1 aromatic heterocycles. The summed E-state index contributed by atoms with van der Waals surface area (Å²) in [4.78, 5) is 23.9. The summed E-state index contributed by atoms with van der Waals surface area (Å²) >= 11 is 15.4. The summed E-state index contributed by atoms with van der Waals surface area (Å²) in [5, 5.41) is 8.06. The maximum atomic E-state index is 12.4. The molecule has 0 saturated heterocycles. The van der Waals surface area contributed by atoms with Crippen molar-refractivity contribution in [3.63, 3.8) is 0 Å². The van der Waals surface area contributed by atoms with Gasteiger partial charge < -0.3 is 10.1 Å². The van der Waals surface area contributed by atoms with E-state index in [1.165, 1.54) is 19.2 Å². The molecule has 1 amide bonds. The van der Waals surface area contributed by atoms with Crippen LogP contribution in [-0.4, -0.2) is 28.8 Å². The number of benzene rings is 2. The van der Waals surface area contributed by atoms with Crippen molar-refractivity contribution in [2.45, 2.75) is 6.54 Å². The standard InChI is InChI=1S/C19H14BrCl2N3O3/c1-28-19(27)13-5-3-12(4-6-13)18(26)23-17-14(20)10-25(24-17)9-11-2-7-15(21)16(22)8-11/h2-8,10H,9H2,1H3,(H,23,24,26). The highest BCUT2D eigenvalue weighted by Gasteiger charge is 2.14. The average Bonchev–Trinajstić information content (AvgIpc) is 3.03. The van der Waals surface area contributed by atoms with E-state index < -0.39 is 5.97 Å². The van der Waals surface area contributed by atoms with Gasteiger partial charge in [-0.3, -0.25) is 9.48 Å². The van der Waals surface area contributed by atoms with Gasteiger partial charge in [-0.25, -0.2) is 4.79 Å². The van der Waals surface area contributed by atoms with Crippen LogP contribution in [0, 0.1) is 0 Å². The normalized spacial score (nSPS) is 10.6. The third-order valence-corrected chi connectivity index (χ3v) is 5.17. The quantitative estimate of drug-likeness (QED) is 0.517. The summed E-state index contributed by atoms with van der Waals surface area (Å²) in [6.07, 6.45) is 1.75. The smallest absolute Gasteiger partial charge is 0.337 e. The Hall–Kier alpha value is -2.35. The van der Waals surface area contributed by atoms with Crippen molar-refractivity contribution in [3.8, 4) is 0 Å². The molecule has 1 N–H and O–H groups in total. The number of rotatable bonds is 5. The molecule has 0 saturated carbocycles. The van der Waals surface area contributed by atoms with Crippen LogP contribution >= 0.6 is 39.1 Å². The van der Waals surface area contributed by atoms with Crippen molar-refractivity contribution < 1.29 is 14.3 Å². The number of ether oxygens (including phenoxy) is 1. The minimum Gasteiger partial charge on any atom is -0.465 e. The molecule has 0 atom stereocenters. The van der Waals surface area contributed by atoms with Crippen molar-refractivity contribution in [1.82, 2.24) is 9.78 Å². The van der Waals surface area contributed by atoms with Crippen LogP contribution in [0.5, 0.6) is 0 Å². The van der Waals surface area contributed by atoms with Gasteiger partial charge in [-0.15, -0.1) is 0 Å². The van der Waals surface area contributed by atoms with Crippen LogP contribution in [0.3, 0.4) is 0 Å². The maximum absolute atomic E-state index is 12.4. The van der Waals surface area contributed by atoms with Crippen molar-refractivity contribution in [3.05, 3.63) is 79.9 Å². The highest BCUT2D eigenvalue weighted by molar-refractivity contribution is 9.10. The molecule has 9 heteroatoms. The molecule has 28 heavy (non-hydrogen) atoms. The maximum Gasteiger partial charge on any atom is 0.337 e. The monoisotopic (exact) mass is 481 g/mol. The van der Waals surface area contributed by atoms with Gasteiger partial charge in [0.05, 0.1) is 33.7 Å². The Morgan fingerprint density at radius 1 is 1.11 bits per heavy atom. The van der Waals surface area contributed by atoms with Crippen LogP contribution in [0.2, 0.25) is 10.0 Å². The van der Waals surface area contributed by atoms with Crippen LogP contribution in [0.15, 0.2) is 53.1 Å². The molecule has 0 aliphatic heterocycles. The number of hydrogen-bond acceptors (Lipinski definition) is 4. The SMILES string of the molecule is COC(=O)c1ccc(C(=O)Nc2nn(Cc3ccc(Cl)c(Cl)c3)cc2Br)cc1. The Morgan fingerprint density at radius 3 is 2.43 bits per heavy atom. The summed E-state index contributed by atoms with van der Waals surface area (Å²) < 4.78 is 6.94. The number of nitrogens with zero attached hydrogens (tertiary/aromatic N) is 2. The van der Waals surface area contributed by atoms with E-state index in [4.69, 9.17) is 23.2 Å². The lowest BCUT2D eigenvalue weighted by Gasteiger charge is -2.05. The zero-order valence-corrected chi connectivity index (χ0v) is 17.7. The number of carbonyl (C=O) groups is 2. The van der Waals surface area contributed by atoms with Gasteiger partial charge >= 0.3 is 5.97 Å². The fraction of sp³-hybridized carbons (Fsp3) is 0.105. The molecular formula is C19H14BrCl2N3O3. The van der Waals surface area contributed by atoms with Crippen LogP contribution in [0.4, 0.5) is 5.82 Å². The van der Waals surface area contributed by atoms with E-state index in [-0.39, 0.29) is 5.91 Å². The Labute approximate surface area is 179 Å². The second-order valence-electron chi connectivity index (χ2n) is 5.79. The molecule has 6 nitrogen and oxygen atoms in total. The molecule has 3 rings (SSSR count). The first-order valence-corrected chi connectivity index (χ1v) is 9.59. The van der Waals surface area contributed by atoms with Gasteiger partial charge in [0.25, 0.3) is 5.91 Å². The number of methoxy groups -OCH3 is 1. The lowest BCUT2D eigenvalue weighted by Crippen LogP contribution is -2.13. The molecule has 0 radical (unpaired) electrons. The van der Waals surface area contributed by atoms with Gasteiger partial charge in [0.15, 0.2) is 5.82 Å². The summed E-state index contributed by atoms with van der Waals surface area (Å²) in [5.41, 5.74) is 1.67. The van der Waals surface area contributed by atoms with E-state index >= 15 is 0 Å². The molecule has 0 fully saturated rings. The van der Waals surface area contributed by atoms with Gasteiger partial charge in [-0.1, -0.05) is 29.3 Å². The number of halogens is 3. The fourth-order valence-corrected chi connectivity index (χ4v) is 3.18. The number of esters is 1. The van der Waals surface area contributed by atoms with Gasteiger partial charge in [0, 0.05) is 11.8 Å². The second-order valence-corrected chi connectivity index (χ2v) is 7.46. The van der Waals surface area contributed by atoms with E-state index in [9.17, 15) is 9.59 Å². The highest BCUT2D eigenvalue weighted by atomic mass is 79.9. The van der Waals surface area contributed by atoms with E-state index in [1.54, 1.807) is 35.1 Å². The molecule has 3 aromatic rings. The third-order valence-electron chi connectivity index (χ3n) is 3.85. The van der Waals surface area contributed by atoms with Crippen molar-refractivity contribution in [2.24, 2.45) is 0 Å². The van der Waals surface area contributed by atoms with Crippen molar-refractivity contribution >= 4 is 56.8 Å². The average molecular weight is 483 g/mol. The number of anilines is 1. The third kappa shape index (κ3) is 4.73. The van der Waals surface area contributed by atoms with E-state index in [0.29, 0.717) is 38.0 Å². The van der Waals surface area contributed by atoms with Gasteiger partial charge in [-0.05, 0) is 57.9 Å². The lowest BCUT2D eigenvalue weighted by atomic mass is 10.1. The van der Waals surface area contributed by atoms with E-state index in [0.717, 1.165) is 5.56 Å². The molecule has 2 aromatic carbocycles. The highest BCUT2D eigenvalue weighted by Crippen LogP contribution is 2.25. The van der Waals surface area contributed by atoms with E-state index in [2.05, 4.69) is 31.1 Å². The first-order chi connectivity index (χ1) is 13.4. The summed E-state index contributed by atoms with van der Waals surface area (Å²) in [6.45, 7) is 0.458. The van der Waals surface area contributed by atoms with E-state index in [1.807, 2.05) is 6.07 Å². The molecule has 0 aliphatic rings. The Bertz CT molecular complexity index is 1040. The molecule has 0 bridgehead atoms. The topological polar surface area (TPSA) is 73.2 Å². The number of hydrogen-bond donors (Lipinski definition) is 1. The first-order valence-electron chi connectivity index (χ1n) is 8.04. The first kappa shape index (κ1) is 20.4. The predicted octanol–water partition coefficient (Wildman–Crippen LogP) is 5.04. The zero-order chi connectivity index (χ0) is 20.3. The van der Waals surface area contributed by atoms with Gasteiger partial charge in [0.1, 0.15) is 0 Å². The van der Waals surface area contributed by atoms with Crippen molar-refractivity contribution in [2.75, 3.05) is 12.4 Å². The zero-order valence-electron chi connectivity index (χ0n) is 14.6. The Balaban J connectivity index is 1.71. The van der Waals surface area contributed by atoms with Crippen LogP contribution in [0.1, 0.15) is 26.3 Å². The van der Waals surface area contributed by atoms with Gasteiger partial charge in [-0.2, -0.15) is 5.10 Å². The minimum absolute atomic E-state index is 0.350. The van der Waals surface area contributed by atoms with Gasteiger partial charge in [0.2, 0.25) is 0 Å². The molecular weight excluding hydrogens is 469 g/mol. The van der Waals surface area contributed by atoms with Crippen LogP contribution < -0.4 is 5.32 Å². The minimum atomic E-state index is -0.462. The summed E-state index contributed by atoms with van der Waals surface area (Å²) in [7, 11) is 1.30. The molecule has 0 aliphatic carbocycles. The molecule has 0 spiro atoms. The Kier molecular flexibility index (Phi) is 6.39. The number of carbonyl (C=O) groups excluding carboxylic acids is 2. The number of aromatic nitrogens is 2. The molecule has 0 unspecified atom stereocenters. The largest absolute Gasteiger partial charge is 0.465 e. The second kappa shape index (κ2) is 8.77. The summed E-state index contributed by atoms with van der Waals surface area (Å²) in [6, 6.07) is 11.5. The lowest BCUT2D eigenvalue weighted by molar-refractivity contribution is 0.0600. The Morgan fingerprint density at radius 2 is 1.79 bits per heavy atom. The van der Waals surface area contributed by atoms with Crippen LogP contribution in [-0.2, 0) is 11.3 Å². The number of amides is 1. The predicted molar refractivity (Wildman–Crippen MR) is 111 cm³/mol. The summed E-state index contributed by atoms with van der Waals surface area (Å²) in [5.74, 6) is -0.435. The molecule has 144 valence electrons. The number of nitrogens with one attached hydrogen (secondary N) is 1.